The Balaban J connectivity index is 1.90. The summed E-state index contributed by atoms with van der Waals surface area (Å²) in [7, 11) is 0. The van der Waals surface area contributed by atoms with Gasteiger partial charge >= 0.3 is 12.0 Å². The number of piperidine rings is 1. The normalized spacial score (nSPS) is 18.4. The molecule has 0 bridgehead atoms. The van der Waals surface area contributed by atoms with Gasteiger partial charge in [0, 0.05) is 13.1 Å². The van der Waals surface area contributed by atoms with E-state index in [1.54, 1.807) is 11.8 Å². The van der Waals surface area contributed by atoms with Gasteiger partial charge < -0.3 is 10.0 Å². The predicted octanol–water partition coefficient (Wildman–Crippen LogP) is 1.26. The second-order valence-corrected chi connectivity index (χ2v) is 5.36. The molecule has 8 heteroatoms. The van der Waals surface area contributed by atoms with E-state index in [0.29, 0.717) is 31.1 Å². The molecule has 2 rings (SSSR count). The summed E-state index contributed by atoms with van der Waals surface area (Å²) in [5.41, 5.74) is 0.812. The number of nitrogens with one attached hydrogen (secondary N) is 1. The molecule has 0 unspecified atom stereocenters. The lowest BCUT2D eigenvalue weighted by Gasteiger charge is -2.36. The second-order valence-electron chi connectivity index (χ2n) is 4.53. The first-order chi connectivity index (χ1) is 8.51. The van der Waals surface area contributed by atoms with Gasteiger partial charge in [-0.25, -0.2) is 4.79 Å². The van der Waals surface area contributed by atoms with Crippen molar-refractivity contribution in [3.05, 3.63) is 5.51 Å². The molecule has 1 aromatic rings. The van der Waals surface area contributed by atoms with Crippen LogP contribution in [-0.4, -0.2) is 45.3 Å². The fraction of sp³-hybridized carbons (Fsp3) is 0.600. The zero-order chi connectivity index (χ0) is 13.2. The van der Waals surface area contributed by atoms with Crippen molar-refractivity contribution < 1.29 is 14.7 Å². The van der Waals surface area contributed by atoms with E-state index in [1.807, 2.05) is 0 Å². The number of anilines is 1. The van der Waals surface area contributed by atoms with Crippen molar-refractivity contribution in [1.29, 1.82) is 0 Å². The average molecular weight is 270 g/mol. The smallest absolute Gasteiger partial charge is 0.323 e. The van der Waals surface area contributed by atoms with E-state index in [0.717, 1.165) is 0 Å². The molecule has 1 aromatic heterocycles. The molecule has 1 saturated heterocycles. The van der Waals surface area contributed by atoms with E-state index >= 15 is 0 Å². The number of aliphatic carboxylic acids is 1. The number of aromatic nitrogens is 2. The predicted molar refractivity (Wildman–Crippen MR) is 65.5 cm³/mol. The monoisotopic (exact) mass is 270 g/mol. The van der Waals surface area contributed by atoms with Crippen LogP contribution in [0.4, 0.5) is 9.93 Å². The van der Waals surface area contributed by atoms with Crippen molar-refractivity contribution in [2.45, 2.75) is 19.8 Å². The molecule has 98 valence electrons. The number of amides is 2. The number of carbonyl (C=O) groups is 2. The molecule has 7 nitrogen and oxygen atoms in total. The Morgan fingerprint density at radius 1 is 1.50 bits per heavy atom. The molecular formula is C10H14N4O3S. The summed E-state index contributed by atoms with van der Waals surface area (Å²) < 4.78 is 0. The van der Waals surface area contributed by atoms with E-state index < -0.39 is 11.4 Å². The first kappa shape index (κ1) is 12.7. The van der Waals surface area contributed by atoms with E-state index in [9.17, 15) is 9.59 Å². The molecule has 0 radical (unpaired) electrons. The van der Waals surface area contributed by atoms with Crippen LogP contribution in [0.2, 0.25) is 0 Å². The molecule has 1 fully saturated rings. The summed E-state index contributed by atoms with van der Waals surface area (Å²) in [6.45, 7) is 2.59. The summed E-state index contributed by atoms with van der Waals surface area (Å²) >= 11 is 1.24. The molecule has 2 heterocycles. The Hall–Kier alpha value is -1.70. The molecular weight excluding hydrogens is 256 g/mol. The highest BCUT2D eigenvalue weighted by Crippen LogP contribution is 2.31. The Bertz CT molecular complexity index is 440. The van der Waals surface area contributed by atoms with E-state index in [4.69, 9.17) is 5.11 Å². The van der Waals surface area contributed by atoms with Gasteiger partial charge in [-0.15, -0.1) is 10.2 Å². The fourth-order valence-corrected chi connectivity index (χ4v) is 2.25. The van der Waals surface area contributed by atoms with Gasteiger partial charge in [0.15, 0.2) is 0 Å². The van der Waals surface area contributed by atoms with E-state index in [1.165, 1.54) is 16.8 Å². The molecule has 1 aliphatic rings. The maximum atomic E-state index is 11.9. The molecule has 0 aromatic carbocycles. The molecule has 2 N–H and O–H groups in total. The molecule has 1 aliphatic heterocycles. The standard InChI is InChI=1S/C10H14N4O3S/c1-10(7(15)16)2-4-14(5-3-10)9(17)12-8-13-11-6-18-8/h6H,2-5H2,1H3,(H,15,16)(H,12,13,17). The van der Waals surface area contributed by atoms with Crippen LogP contribution >= 0.6 is 11.3 Å². The summed E-state index contributed by atoms with van der Waals surface area (Å²) in [5, 5.41) is 19.5. The third-order valence-electron chi connectivity index (χ3n) is 3.24. The summed E-state index contributed by atoms with van der Waals surface area (Å²) in [6, 6.07) is -0.251. The third-order valence-corrected chi connectivity index (χ3v) is 3.85. The number of hydrogen-bond donors (Lipinski definition) is 2. The van der Waals surface area contributed by atoms with Crippen LogP contribution in [0.25, 0.3) is 0 Å². The number of rotatable bonds is 2. The largest absolute Gasteiger partial charge is 0.481 e. The fourth-order valence-electron chi connectivity index (χ4n) is 1.82. The number of hydrogen-bond acceptors (Lipinski definition) is 5. The topological polar surface area (TPSA) is 95.4 Å². The molecule has 2 amide bonds. The first-order valence-corrected chi connectivity index (χ1v) is 6.45. The first-order valence-electron chi connectivity index (χ1n) is 5.57. The molecule has 0 saturated carbocycles. The summed E-state index contributed by atoms with van der Waals surface area (Å²) in [5.74, 6) is -0.799. The quantitative estimate of drug-likeness (QED) is 0.843. The van der Waals surface area contributed by atoms with Crippen LogP contribution in [0.15, 0.2) is 5.51 Å². The van der Waals surface area contributed by atoms with Crippen molar-refractivity contribution in [2.75, 3.05) is 18.4 Å². The van der Waals surface area contributed by atoms with Gasteiger partial charge in [-0.05, 0) is 19.8 Å². The van der Waals surface area contributed by atoms with Gasteiger partial charge in [0.05, 0.1) is 5.41 Å². The Kier molecular flexibility index (Phi) is 3.46. The van der Waals surface area contributed by atoms with Gasteiger partial charge in [-0.2, -0.15) is 0 Å². The zero-order valence-corrected chi connectivity index (χ0v) is 10.7. The lowest BCUT2D eigenvalue weighted by Crippen LogP contribution is -2.46. The highest BCUT2D eigenvalue weighted by Gasteiger charge is 2.38. The van der Waals surface area contributed by atoms with E-state index in [-0.39, 0.29) is 6.03 Å². The van der Waals surface area contributed by atoms with Crippen LogP contribution in [0, 0.1) is 5.41 Å². The molecule has 0 atom stereocenters. The van der Waals surface area contributed by atoms with Crippen molar-refractivity contribution in [2.24, 2.45) is 5.41 Å². The van der Waals surface area contributed by atoms with Crippen molar-refractivity contribution in [1.82, 2.24) is 15.1 Å². The number of urea groups is 1. The maximum Gasteiger partial charge on any atom is 0.323 e. The highest BCUT2D eigenvalue weighted by molar-refractivity contribution is 7.13. The van der Waals surface area contributed by atoms with Crippen LogP contribution in [0.1, 0.15) is 19.8 Å². The second kappa shape index (κ2) is 4.89. The van der Waals surface area contributed by atoms with Crippen LogP contribution < -0.4 is 5.32 Å². The highest BCUT2D eigenvalue weighted by atomic mass is 32.1. The van der Waals surface area contributed by atoms with Gasteiger partial charge in [0.25, 0.3) is 0 Å². The minimum atomic E-state index is -0.799. The molecule has 0 aliphatic carbocycles. The number of carboxylic acids is 1. The van der Waals surface area contributed by atoms with Crippen molar-refractivity contribution in [3.63, 3.8) is 0 Å². The van der Waals surface area contributed by atoms with E-state index in [2.05, 4.69) is 15.5 Å². The number of likely N-dealkylation sites (tertiary alicyclic amines) is 1. The van der Waals surface area contributed by atoms with Crippen LogP contribution in [0.5, 0.6) is 0 Å². The SMILES string of the molecule is CC1(C(=O)O)CCN(C(=O)Nc2nncs2)CC1. The van der Waals surface area contributed by atoms with Gasteiger partial charge in [0.2, 0.25) is 5.13 Å². The number of carboxylic acid groups (broad SMARTS) is 1. The Morgan fingerprint density at radius 2 is 2.17 bits per heavy atom. The van der Waals surface area contributed by atoms with Crippen LogP contribution in [-0.2, 0) is 4.79 Å². The third kappa shape index (κ3) is 2.58. The van der Waals surface area contributed by atoms with Crippen molar-refractivity contribution in [3.8, 4) is 0 Å². The number of carbonyl (C=O) groups excluding carboxylic acids is 1. The summed E-state index contributed by atoms with van der Waals surface area (Å²) in [6.07, 6.45) is 0.928. The molecule has 18 heavy (non-hydrogen) atoms. The van der Waals surface area contributed by atoms with Gasteiger partial charge in [0.1, 0.15) is 5.51 Å². The Labute approximate surface area is 108 Å². The zero-order valence-electron chi connectivity index (χ0n) is 9.92. The lowest BCUT2D eigenvalue weighted by atomic mass is 9.80. The minimum absolute atomic E-state index is 0.251. The summed E-state index contributed by atoms with van der Waals surface area (Å²) in [4.78, 5) is 24.5. The van der Waals surface area contributed by atoms with Crippen LogP contribution in [0.3, 0.4) is 0 Å². The maximum absolute atomic E-state index is 11.9. The lowest BCUT2D eigenvalue weighted by molar-refractivity contribution is -0.150. The average Bonchev–Trinajstić information content (AvgIpc) is 2.82. The number of nitrogens with zero attached hydrogens (tertiary/aromatic N) is 3. The minimum Gasteiger partial charge on any atom is -0.481 e. The Morgan fingerprint density at radius 3 is 2.67 bits per heavy atom. The van der Waals surface area contributed by atoms with Gasteiger partial charge in [-0.3, -0.25) is 10.1 Å². The molecule has 0 spiro atoms. The van der Waals surface area contributed by atoms with Crippen molar-refractivity contribution >= 4 is 28.5 Å². The van der Waals surface area contributed by atoms with Gasteiger partial charge in [-0.1, -0.05) is 11.3 Å².